The first-order valence-electron chi connectivity index (χ1n) is 11.2. The number of nitrogens with zero attached hydrogens (tertiary/aromatic N) is 1. The van der Waals surface area contributed by atoms with Crippen LogP contribution in [0, 0.1) is 0 Å². The first-order valence-corrected chi connectivity index (χ1v) is 11.2. The number of fused-ring (bicyclic) bond motifs is 2. The van der Waals surface area contributed by atoms with Gasteiger partial charge in [-0.15, -0.1) is 0 Å². The quantitative estimate of drug-likeness (QED) is 0.350. The summed E-state index contributed by atoms with van der Waals surface area (Å²) in [5.74, 6) is -0.274. The average molecular weight is 439 g/mol. The van der Waals surface area contributed by atoms with E-state index in [0.29, 0.717) is 59.8 Å². The topological polar surface area (TPSA) is 103 Å². The SMILES string of the molecule is O=C1c2ccccc2C(=O)c2c(NCCN3CCOCC3)ccc(NCCNCCO)c21. The van der Waals surface area contributed by atoms with Gasteiger partial charge in [-0.2, -0.15) is 0 Å². The number of aliphatic hydroxyl groups is 1. The van der Waals surface area contributed by atoms with Crippen LogP contribution in [0.25, 0.3) is 0 Å². The van der Waals surface area contributed by atoms with E-state index in [1.54, 1.807) is 24.3 Å². The Morgan fingerprint density at radius 3 is 2.00 bits per heavy atom. The van der Waals surface area contributed by atoms with Crippen molar-refractivity contribution in [2.45, 2.75) is 0 Å². The molecule has 32 heavy (non-hydrogen) atoms. The molecule has 0 atom stereocenters. The molecule has 1 fully saturated rings. The van der Waals surface area contributed by atoms with Gasteiger partial charge in [0.15, 0.2) is 11.6 Å². The van der Waals surface area contributed by atoms with E-state index in [1.165, 1.54) is 0 Å². The molecule has 0 saturated carbocycles. The third kappa shape index (κ3) is 4.83. The molecule has 0 amide bonds. The van der Waals surface area contributed by atoms with Gasteiger partial charge in [-0.3, -0.25) is 14.5 Å². The van der Waals surface area contributed by atoms with Crippen molar-refractivity contribution in [3.63, 3.8) is 0 Å². The molecule has 8 nitrogen and oxygen atoms in total. The summed E-state index contributed by atoms with van der Waals surface area (Å²) in [6.07, 6.45) is 0. The lowest BCUT2D eigenvalue weighted by Crippen LogP contribution is -2.39. The standard InChI is InChI=1S/C24H30N4O4/c29-14-10-25-7-8-26-19-5-6-20(27-9-11-28-12-15-32-16-13-28)22-21(19)23(30)17-3-1-2-4-18(17)24(22)31/h1-6,25-27,29H,7-16H2. The molecular formula is C24H30N4O4. The van der Waals surface area contributed by atoms with Crippen LogP contribution in [0.4, 0.5) is 11.4 Å². The van der Waals surface area contributed by atoms with E-state index in [9.17, 15) is 9.59 Å². The molecule has 1 aliphatic carbocycles. The molecule has 1 aliphatic heterocycles. The molecule has 2 aromatic rings. The van der Waals surface area contributed by atoms with Crippen LogP contribution >= 0.6 is 0 Å². The zero-order valence-electron chi connectivity index (χ0n) is 18.2. The van der Waals surface area contributed by atoms with Crippen LogP contribution < -0.4 is 16.0 Å². The van der Waals surface area contributed by atoms with Crippen molar-refractivity contribution >= 4 is 22.9 Å². The maximum Gasteiger partial charge on any atom is 0.196 e. The normalized spacial score (nSPS) is 15.9. The second kappa shape index (κ2) is 10.7. The predicted octanol–water partition coefficient (Wildman–Crippen LogP) is 1.20. The number of nitrogens with one attached hydrogen (secondary N) is 3. The van der Waals surface area contributed by atoms with E-state index in [1.807, 2.05) is 12.1 Å². The van der Waals surface area contributed by atoms with E-state index in [-0.39, 0.29) is 18.2 Å². The van der Waals surface area contributed by atoms with Gasteiger partial charge >= 0.3 is 0 Å². The number of aliphatic hydroxyl groups excluding tert-OH is 1. The molecule has 170 valence electrons. The fraction of sp³-hybridized carbons (Fsp3) is 0.417. The minimum Gasteiger partial charge on any atom is -0.395 e. The van der Waals surface area contributed by atoms with Gasteiger partial charge in [0.1, 0.15) is 0 Å². The molecule has 0 bridgehead atoms. The first-order chi connectivity index (χ1) is 15.7. The molecule has 4 N–H and O–H groups in total. The van der Waals surface area contributed by atoms with Crippen LogP contribution in [-0.4, -0.2) is 87.2 Å². The smallest absolute Gasteiger partial charge is 0.196 e. The molecular weight excluding hydrogens is 408 g/mol. The van der Waals surface area contributed by atoms with Crippen molar-refractivity contribution in [1.29, 1.82) is 0 Å². The van der Waals surface area contributed by atoms with Crippen molar-refractivity contribution < 1.29 is 19.4 Å². The maximum absolute atomic E-state index is 13.4. The van der Waals surface area contributed by atoms with Crippen molar-refractivity contribution in [2.24, 2.45) is 0 Å². The second-order valence-electron chi connectivity index (χ2n) is 7.90. The van der Waals surface area contributed by atoms with Gasteiger partial charge in [-0.05, 0) is 12.1 Å². The largest absolute Gasteiger partial charge is 0.395 e. The number of hydrogen-bond acceptors (Lipinski definition) is 8. The molecule has 0 aromatic heterocycles. The summed E-state index contributed by atoms with van der Waals surface area (Å²) in [6.45, 7) is 6.59. The Morgan fingerprint density at radius 2 is 1.41 bits per heavy atom. The van der Waals surface area contributed by atoms with Crippen LogP contribution in [-0.2, 0) is 4.74 Å². The van der Waals surface area contributed by atoms with Gasteiger partial charge in [0.25, 0.3) is 0 Å². The Bertz CT molecular complexity index is 972. The molecule has 0 unspecified atom stereocenters. The van der Waals surface area contributed by atoms with E-state index in [2.05, 4.69) is 20.9 Å². The highest BCUT2D eigenvalue weighted by atomic mass is 16.5. The summed E-state index contributed by atoms with van der Waals surface area (Å²) >= 11 is 0. The number of ketones is 2. The van der Waals surface area contributed by atoms with Crippen LogP contribution in [0.5, 0.6) is 0 Å². The van der Waals surface area contributed by atoms with Gasteiger partial charge in [-0.1, -0.05) is 24.3 Å². The molecule has 0 radical (unpaired) electrons. The lowest BCUT2D eigenvalue weighted by molar-refractivity contribution is 0.0398. The Labute approximate surface area is 187 Å². The van der Waals surface area contributed by atoms with E-state index in [4.69, 9.17) is 9.84 Å². The number of rotatable bonds is 10. The summed E-state index contributed by atoms with van der Waals surface area (Å²) < 4.78 is 5.40. The Hall–Kier alpha value is -2.78. The number of benzene rings is 2. The van der Waals surface area contributed by atoms with Crippen molar-refractivity contribution in [3.05, 3.63) is 58.7 Å². The molecule has 0 spiro atoms. The number of ether oxygens (including phenoxy) is 1. The van der Waals surface area contributed by atoms with Crippen LogP contribution in [0.1, 0.15) is 31.8 Å². The number of anilines is 2. The second-order valence-corrected chi connectivity index (χ2v) is 7.90. The van der Waals surface area contributed by atoms with Crippen molar-refractivity contribution in [3.8, 4) is 0 Å². The number of carbonyl (C=O) groups excluding carboxylic acids is 2. The van der Waals surface area contributed by atoms with Crippen LogP contribution in [0.3, 0.4) is 0 Å². The lowest BCUT2D eigenvalue weighted by Gasteiger charge is -2.27. The highest BCUT2D eigenvalue weighted by Crippen LogP contribution is 2.36. The minimum absolute atomic E-state index is 0.0734. The van der Waals surface area contributed by atoms with E-state index < -0.39 is 0 Å². The summed E-state index contributed by atoms with van der Waals surface area (Å²) in [6, 6.07) is 10.7. The molecule has 2 aromatic carbocycles. The third-order valence-electron chi connectivity index (χ3n) is 5.83. The number of carbonyl (C=O) groups is 2. The summed E-state index contributed by atoms with van der Waals surface area (Å²) in [5.41, 5.74) is 3.08. The average Bonchev–Trinajstić information content (AvgIpc) is 2.83. The van der Waals surface area contributed by atoms with Gasteiger partial charge in [0.2, 0.25) is 0 Å². The van der Waals surface area contributed by atoms with Crippen LogP contribution in [0.15, 0.2) is 36.4 Å². The van der Waals surface area contributed by atoms with Gasteiger partial charge in [0.05, 0.1) is 30.9 Å². The minimum atomic E-state index is -0.141. The monoisotopic (exact) mass is 438 g/mol. The Morgan fingerprint density at radius 1 is 0.812 bits per heavy atom. The summed E-state index contributed by atoms with van der Waals surface area (Å²) in [5, 5.41) is 18.7. The third-order valence-corrected chi connectivity index (χ3v) is 5.83. The zero-order chi connectivity index (χ0) is 22.3. The molecule has 1 heterocycles. The molecule has 8 heteroatoms. The fourth-order valence-corrected chi connectivity index (χ4v) is 4.18. The predicted molar refractivity (Wildman–Crippen MR) is 124 cm³/mol. The maximum atomic E-state index is 13.4. The summed E-state index contributed by atoms with van der Waals surface area (Å²) in [4.78, 5) is 29.1. The summed E-state index contributed by atoms with van der Waals surface area (Å²) in [7, 11) is 0. The first kappa shape index (κ1) is 22.4. The molecule has 2 aliphatic rings. The van der Waals surface area contributed by atoms with Crippen molar-refractivity contribution in [2.75, 3.05) is 76.3 Å². The number of hydrogen-bond donors (Lipinski definition) is 4. The molecule has 4 rings (SSSR count). The van der Waals surface area contributed by atoms with Crippen molar-refractivity contribution in [1.82, 2.24) is 10.2 Å². The number of morpholine rings is 1. The van der Waals surface area contributed by atoms with Gasteiger partial charge < -0.3 is 25.8 Å². The lowest BCUT2D eigenvalue weighted by atomic mass is 9.82. The van der Waals surface area contributed by atoms with Gasteiger partial charge in [0, 0.05) is 68.3 Å². The fourth-order valence-electron chi connectivity index (χ4n) is 4.18. The Balaban J connectivity index is 1.57. The Kier molecular flexibility index (Phi) is 7.49. The van der Waals surface area contributed by atoms with Crippen LogP contribution in [0.2, 0.25) is 0 Å². The van der Waals surface area contributed by atoms with E-state index >= 15 is 0 Å². The highest BCUT2D eigenvalue weighted by Gasteiger charge is 2.33. The highest BCUT2D eigenvalue weighted by molar-refractivity contribution is 6.31. The zero-order valence-corrected chi connectivity index (χ0v) is 18.2. The van der Waals surface area contributed by atoms with E-state index in [0.717, 1.165) is 32.8 Å². The van der Waals surface area contributed by atoms with Gasteiger partial charge in [-0.25, -0.2) is 0 Å². The molecule has 1 saturated heterocycles.